The molecule has 0 saturated carbocycles. The van der Waals surface area contributed by atoms with Gasteiger partial charge in [0.05, 0.1) is 19.3 Å². The molecule has 0 aromatic heterocycles. The number of para-hydroxylation sites is 1. The number of phenols is 1. The number of aliphatic hydroxyl groups is 1. The van der Waals surface area contributed by atoms with Crippen molar-refractivity contribution in [3.63, 3.8) is 0 Å². The summed E-state index contributed by atoms with van der Waals surface area (Å²) in [6.45, 7) is 2.94. The van der Waals surface area contributed by atoms with Gasteiger partial charge in [0.1, 0.15) is 5.75 Å². The molecule has 1 aromatic carbocycles. The molecule has 4 heteroatoms. The van der Waals surface area contributed by atoms with Crippen molar-refractivity contribution in [3.8, 4) is 5.75 Å². The minimum atomic E-state index is -0.0976. The SMILES string of the molecule is OCC1CN(Cc2ccccc2O)CCO1. The van der Waals surface area contributed by atoms with E-state index in [4.69, 9.17) is 9.84 Å². The Morgan fingerprint density at radius 2 is 2.19 bits per heavy atom. The predicted octanol–water partition coefficient (Wildman–Crippen LogP) is 0.585. The lowest BCUT2D eigenvalue weighted by molar-refractivity contribution is -0.0552. The van der Waals surface area contributed by atoms with Crippen LogP contribution in [-0.2, 0) is 11.3 Å². The average Bonchev–Trinajstić information content (AvgIpc) is 2.32. The third-order valence-electron chi connectivity index (χ3n) is 2.81. The molecule has 1 aliphatic heterocycles. The molecule has 1 heterocycles. The predicted molar refractivity (Wildman–Crippen MR) is 60.2 cm³/mol. The smallest absolute Gasteiger partial charge is 0.120 e. The van der Waals surface area contributed by atoms with Crippen LogP contribution >= 0.6 is 0 Å². The monoisotopic (exact) mass is 223 g/mol. The first kappa shape index (κ1) is 11.4. The van der Waals surface area contributed by atoms with Crippen LogP contribution < -0.4 is 0 Å². The molecule has 2 rings (SSSR count). The van der Waals surface area contributed by atoms with E-state index in [-0.39, 0.29) is 12.7 Å². The van der Waals surface area contributed by atoms with Gasteiger partial charge in [0.15, 0.2) is 0 Å². The lowest BCUT2D eigenvalue weighted by Gasteiger charge is -2.32. The van der Waals surface area contributed by atoms with Crippen LogP contribution in [0.15, 0.2) is 24.3 Å². The van der Waals surface area contributed by atoms with Crippen molar-refractivity contribution in [1.29, 1.82) is 0 Å². The van der Waals surface area contributed by atoms with Gasteiger partial charge < -0.3 is 14.9 Å². The van der Waals surface area contributed by atoms with Gasteiger partial charge in [-0.15, -0.1) is 0 Å². The molecule has 1 aromatic rings. The third kappa shape index (κ3) is 2.72. The Labute approximate surface area is 95.1 Å². The van der Waals surface area contributed by atoms with Gasteiger partial charge in [0.2, 0.25) is 0 Å². The van der Waals surface area contributed by atoms with Gasteiger partial charge in [-0.25, -0.2) is 0 Å². The normalized spacial score (nSPS) is 22.2. The Hall–Kier alpha value is -1.10. The maximum absolute atomic E-state index is 9.66. The highest BCUT2D eigenvalue weighted by Gasteiger charge is 2.20. The lowest BCUT2D eigenvalue weighted by Crippen LogP contribution is -2.43. The Morgan fingerprint density at radius 3 is 2.94 bits per heavy atom. The Balaban J connectivity index is 1.97. The first-order valence-corrected chi connectivity index (χ1v) is 5.51. The van der Waals surface area contributed by atoms with Crippen molar-refractivity contribution in [2.75, 3.05) is 26.3 Å². The number of phenolic OH excluding ortho intramolecular Hbond substituents is 1. The molecule has 1 saturated heterocycles. The van der Waals surface area contributed by atoms with Crippen molar-refractivity contribution >= 4 is 0 Å². The minimum Gasteiger partial charge on any atom is -0.508 e. The first-order valence-electron chi connectivity index (χ1n) is 5.51. The number of ether oxygens (including phenoxy) is 1. The number of nitrogens with zero attached hydrogens (tertiary/aromatic N) is 1. The maximum Gasteiger partial charge on any atom is 0.120 e. The van der Waals surface area contributed by atoms with Gasteiger partial charge in [-0.2, -0.15) is 0 Å². The van der Waals surface area contributed by atoms with E-state index in [0.717, 1.165) is 12.1 Å². The van der Waals surface area contributed by atoms with Crippen molar-refractivity contribution in [2.45, 2.75) is 12.6 Å². The van der Waals surface area contributed by atoms with E-state index in [2.05, 4.69) is 4.90 Å². The van der Waals surface area contributed by atoms with Crippen LogP contribution in [0.1, 0.15) is 5.56 Å². The van der Waals surface area contributed by atoms with Crippen LogP contribution in [0.3, 0.4) is 0 Å². The largest absolute Gasteiger partial charge is 0.508 e. The highest BCUT2D eigenvalue weighted by atomic mass is 16.5. The molecule has 1 aliphatic rings. The summed E-state index contributed by atoms with van der Waals surface area (Å²) < 4.78 is 5.37. The summed E-state index contributed by atoms with van der Waals surface area (Å²) in [6, 6.07) is 7.34. The van der Waals surface area contributed by atoms with E-state index in [1.807, 2.05) is 18.2 Å². The molecule has 1 atom stereocenters. The molecule has 4 nitrogen and oxygen atoms in total. The number of aliphatic hydroxyl groups excluding tert-OH is 1. The summed E-state index contributed by atoms with van der Waals surface area (Å²) in [6.07, 6.45) is -0.0976. The molecule has 1 unspecified atom stereocenters. The molecule has 0 radical (unpaired) electrons. The molecule has 2 N–H and O–H groups in total. The maximum atomic E-state index is 9.66. The summed E-state index contributed by atoms with van der Waals surface area (Å²) >= 11 is 0. The topological polar surface area (TPSA) is 52.9 Å². The standard InChI is InChI=1S/C12H17NO3/c14-9-11-8-13(5-6-16-11)7-10-3-1-2-4-12(10)15/h1-4,11,14-15H,5-9H2. The zero-order chi connectivity index (χ0) is 11.4. The van der Waals surface area contributed by atoms with Gasteiger partial charge in [0.25, 0.3) is 0 Å². The van der Waals surface area contributed by atoms with E-state index in [1.165, 1.54) is 0 Å². The van der Waals surface area contributed by atoms with Crippen molar-refractivity contribution in [2.24, 2.45) is 0 Å². The number of benzene rings is 1. The number of morpholine rings is 1. The fraction of sp³-hybridized carbons (Fsp3) is 0.500. The summed E-state index contributed by atoms with van der Waals surface area (Å²) in [7, 11) is 0. The summed E-state index contributed by atoms with van der Waals surface area (Å²) in [4.78, 5) is 2.18. The average molecular weight is 223 g/mol. The highest BCUT2D eigenvalue weighted by molar-refractivity contribution is 5.31. The second-order valence-electron chi connectivity index (χ2n) is 4.04. The van der Waals surface area contributed by atoms with Gasteiger partial charge in [-0.05, 0) is 6.07 Å². The van der Waals surface area contributed by atoms with Gasteiger partial charge in [-0.1, -0.05) is 18.2 Å². The molecule has 0 spiro atoms. The van der Waals surface area contributed by atoms with E-state index in [9.17, 15) is 5.11 Å². The van der Waals surface area contributed by atoms with E-state index in [0.29, 0.717) is 25.4 Å². The lowest BCUT2D eigenvalue weighted by atomic mass is 10.1. The van der Waals surface area contributed by atoms with E-state index < -0.39 is 0 Å². The summed E-state index contributed by atoms with van der Waals surface area (Å²) in [5.41, 5.74) is 0.918. The quantitative estimate of drug-likeness (QED) is 0.787. The van der Waals surface area contributed by atoms with Crippen LogP contribution in [0.2, 0.25) is 0 Å². The number of rotatable bonds is 3. The van der Waals surface area contributed by atoms with Crippen molar-refractivity contribution in [3.05, 3.63) is 29.8 Å². The van der Waals surface area contributed by atoms with Crippen LogP contribution in [0.25, 0.3) is 0 Å². The van der Waals surface area contributed by atoms with E-state index >= 15 is 0 Å². The van der Waals surface area contributed by atoms with Crippen LogP contribution in [0.5, 0.6) is 5.75 Å². The van der Waals surface area contributed by atoms with Crippen LogP contribution in [0, 0.1) is 0 Å². The minimum absolute atomic E-state index is 0.0528. The van der Waals surface area contributed by atoms with Gasteiger partial charge >= 0.3 is 0 Å². The second-order valence-corrected chi connectivity index (χ2v) is 4.04. The number of hydrogen-bond acceptors (Lipinski definition) is 4. The second kappa shape index (κ2) is 5.30. The molecule has 16 heavy (non-hydrogen) atoms. The van der Waals surface area contributed by atoms with Gasteiger partial charge in [0, 0.05) is 25.2 Å². The Morgan fingerprint density at radius 1 is 1.38 bits per heavy atom. The molecule has 0 amide bonds. The summed E-state index contributed by atoms with van der Waals surface area (Å²) in [5.74, 6) is 0.328. The molecule has 0 aliphatic carbocycles. The zero-order valence-electron chi connectivity index (χ0n) is 9.17. The Kier molecular flexibility index (Phi) is 3.77. The highest BCUT2D eigenvalue weighted by Crippen LogP contribution is 2.18. The number of hydrogen-bond donors (Lipinski definition) is 2. The van der Waals surface area contributed by atoms with Gasteiger partial charge in [-0.3, -0.25) is 4.90 Å². The molecule has 88 valence electrons. The first-order chi connectivity index (χ1) is 7.79. The van der Waals surface area contributed by atoms with Crippen LogP contribution in [-0.4, -0.2) is 47.5 Å². The third-order valence-corrected chi connectivity index (χ3v) is 2.81. The molecule has 1 fully saturated rings. The fourth-order valence-corrected chi connectivity index (χ4v) is 1.92. The van der Waals surface area contributed by atoms with Crippen LogP contribution in [0.4, 0.5) is 0 Å². The number of aromatic hydroxyl groups is 1. The summed E-state index contributed by atoms with van der Waals surface area (Å²) in [5, 5.41) is 18.7. The molecular weight excluding hydrogens is 206 g/mol. The molecule has 0 bridgehead atoms. The molecular formula is C12H17NO3. The zero-order valence-corrected chi connectivity index (χ0v) is 9.17. The fourth-order valence-electron chi connectivity index (χ4n) is 1.92. The van der Waals surface area contributed by atoms with Crippen molar-refractivity contribution < 1.29 is 14.9 Å². The van der Waals surface area contributed by atoms with Crippen molar-refractivity contribution in [1.82, 2.24) is 4.90 Å². The van der Waals surface area contributed by atoms with E-state index in [1.54, 1.807) is 6.07 Å². The Bertz CT molecular complexity index is 343.